The van der Waals surface area contributed by atoms with Gasteiger partial charge in [-0.15, -0.1) is 0 Å². The van der Waals surface area contributed by atoms with E-state index < -0.39 is 0 Å². The number of pyridine rings is 2. The maximum absolute atomic E-state index is 5.21. The molecule has 0 spiro atoms. The normalized spacial score (nSPS) is 11.6. The summed E-state index contributed by atoms with van der Waals surface area (Å²) in [6.07, 6.45) is 4.09. The van der Waals surface area contributed by atoms with E-state index >= 15 is 0 Å². The van der Waals surface area contributed by atoms with Gasteiger partial charge >= 0.3 is 0 Å². The number of fused-ring (bicyclic) bond motifs is 14. The van der Waals surface area contributed by atoms with E-state index in [9.17, 15) is 0 Å². The zero-order valence-corrected chi connectivity index (χ0v) is 60.0. The number of hydrogen-bond donors (Lipinski definition) is 0. The molecule has 0 radical (unpaired) electrons. The minimum Gasteiger partial charge on any atom is -0.309 e. The van der Waals surface area contributed by atoms with E-state index in [-0.39, 0.29) is 0 Å². The highest BCUT2D eigenvalue weighted by atomic mass is 15.0. The third-order valence-corrected chi connectivity index (χ3v) is 22.5. The Hall–Kier alpha value is -14.6. The van der Waals surface area contributed by atoms with Crippen LogP contribution in [0.3, 0.4) is 0 Å². The molecule has 4 heteroatoms. The van der Waals surface area contributed by atoms with Crippen LogP contribution in [0, 0.1) is 0 Å². The van der Waals surface area contributed by atoms with Crippen molar-refractivity contribution >= 4 is 108 Å². The Bertz CT molecular complexity index is 7190. The molecule has 22 rings (SSSR count). The van der Waals surface area contributed by atoms with Crippen molar-refractivity contribution in [3.8, 4) is 101 Å². The second kappa shape index (κ2) is 26.8. The minimum absolute atomic E-state index is 0.966. The molecule has 4 heterocycles. The Balaban J connectivity index is 0.000000140. The predicted molar refractivity (Wildman–Crippen MR) is 466 cm³/mol. The fourth-order valence-electron chi connectivity index (χ4n) is 17.4. The standard InChI is InChI=1S/2C53H34N2/c1-3-13-35(14-4-1)36-23-25-38(26-24-36)51-43-19-9-11-21-45(43)52(46-22-12-10-20-44(46)51)48-30-27-40(34-54-48)39-29-31-49-47(33-39)53-42-18-8-7-15-37(42)28-32-50(53)55(49)41-16-5-2-6-17-41;1-3-13-35(14-4-1)36-23-25-38(26-24-36)51-43-19-9-11-21-45(43)52(46-22-12-10-20-44(46)51)48-31-28-40(34-54-48)39-27-30-47-50(33-39)55(41-16-5-2-6-17-41)49-32-29-37-15-7-8-18-42(37)53(47)49/h2*1-34H. The summed E-state index contributed by atoms with van der Waals surface area (Å²) in [7, 11) is 0. The summed E-state index contributed by atoms with van der Waals surface area (Å²) >= 11 is 0. The average Bonchev–Trinajstić information content (AvgIpc) is 1.73. The molecule has 4 nitrogen and oxygen atoms in total. The van der Waals surface area contributed by atoms with Crippen molar-refractivity contribution < 1.29 is 0 Å². The molecule has 0 atom stereocenters. The number of aromatic nitrogens is 4. The largest absolute Gasteiger partial charge is 0.309 e. The number of hydrogen-bond acceptors (Lipinski definition) is 2. The lowest BCUT2D eigenvalue weighted by molar-refractivity contribution is 1.18. The van der Waals surface area contributed by atoms with Crippen LogP contribution in [0.15, 0.2) is 413 Å². The molecule has 22 aromatic rings. The number of para-hydroxylation sites is 2. The Labute approximate surface area is 636 Å². The Kier molecular flexibility index (Phi) is 15.5. The number of benzene rings is 18. The van der Waals surface area contributed by atoms with Crippen LogP contribution in [0.2, 0.25) is 0 Å². The third-order valence-electron chi connectivity index (χ3n) is 22.5. The first kappa shape index (κ1) is 63.9. The van der Waals surface area contributed by atoms with Gasteiger partial charge in [0.25, 0.3) is 0 Å². The molecule has 0 aliphatic heterocycles. The lowest BCUT2D eigenvalue weighted by atomic mass is 9.87. The highest BCUT2D eigenvalue weighted by Gasteiger charge is 2.23. The molecule has 0 bridgehead atoms. The maximum Gasteiger partial charge on any atom is 0.0714 e. The van der Waals surface area contributed by atoms with E-state index in [1.54, 1.807) is 0 Å². The quantitative estimate of drug-likeness (QED) is 0.128. The first-order valence-electron chi connectivity index (χ1n) is 37.8. The molecule has 18 aromatic carbocycles. The summed E-state index contributed by atoms with van der Waals surface area (Å²) < 4.78 is 4.79. The van der Waals surface area contributed by atoms with Crippen LogP contribution in [0.4, 0.5) is 0 Å². The van der Waals surface area contributed by atoms with E-state index in [2.05, 4.69) is 410 Å². The van der Waals surface area contributed by atoms with Crippen LogP contribution in [0.25, 0.3) is 209 Å². The van der Waals surface area contributed by atoms with Gasteiger partial charge in [-0.2, -0.15) is 0 Å². The fraction of sp³-hybridized carbons (Fsp3) is 0. The zero-order chi connectivity index (χ0) is 72.6. The molecule has 0 aliphatic rings. The summed E-state index contributed by atoms with van der Waals surface area (Å²) in [5.74, 6) is 0. The van der Waals surface area contributed by atoms with E-state index in [4.69, 9.17) is 9.97 Å². The van der Waals surface area contributed by atoms with Crippen LogP contribution in [0.1, 0.15) is 0 Å². The molecule has 0 N–H and O–H groups in total. The van der Waals surface area contributed by atoms with Gasteiger partial charge in [0.15, 0.2) is 0 Å². The SMILES string of the molecule is c1ccc(-c2ccc(-c3c4ccccc4c(-c4ccc(-c5ccc6c(c5)c5c7ccccc7ccc5n6-c5ccccc5)cn4)c4ccccc34)cc2)cc1.c1ccc(-c2ccc(-c3c4ccccc4c(-c4ccc(-c5ccc6c7c8ccccc8ccc7n(-c7ccccc7)c6c5)cn4)c4ccccc34)cc2)cc1. The van der Waals surface area contributed by atoms with Gasteiger partial charge in [-0.25, -0.2) is 0 Å². The summed E-state index contributed by atoms with van der Waals surface area (Å²) in [6.45, 7) is 0. The molecule has 0 saturated heterocycles. The van der Waals surface area contributed by atoms with E-state index in [1.165, 1.54) is 153 Å². The van der Waals surface area contributed by atoms with Crippen LogP contribution in [-0.2, 0) is 0 Å². The summed E-state index contributed by atoms with van der Waals surface area (Å²) in [4.78, 5) is 10.4. The van der Waals surface area contributed by atoms with Crippen molar-refractivity contribution in [2.24, 2.45) is 0 Å². The molecule has 110 heavy (non-hydrogen) atoms. The zero-order valence-electron chi connectivity index (χ0n) is 60.0. The Morgan fingerprint density at radius 1 is 0.164 bits per heavy atom. The number of nitrogens with zero attached hydrogens (tertiary/aromatic N) is 4. The van der Waals surface area contributed by atoms with Crippen molar-refractivity contribution in [3.63, 3.8) is 0 Å². The lowest BCUT2D eigenvalue weighted by Crippen LogP contribution is -1.94. The summed E-state index contributed by atoms with van der Waals surface area (Å²) in [5, 5.41) is 19.8. The molecule has 4 aromatic heterocycles. The van der Waals surface area contributed by atoms with E-state index in [1.807, 2.05) is 12.4 Å². The highest BCUT2D eigenvalue weighted by molar-refractivity contribution is 6.25. The molecule has 0 aliphatic carbocycles. The second-order valence-electron chi connectivity index (χ2n) is 28.6. The van der Waals surface area contributed by atoms with Gasteiger partial charge in [0, 0.05) is 67.6 Å². The molecular formula is C106H68N4. The minimum atomic E-state index is 0.966. The van der Waals surface area contributed by atoms with Crippen molar-refractivity contribution in [1.82, 2.24) is 19.1 Å². The fourth-order valence-corrected chi connectivity index (χ4v) is 17.4. The third kappa shape index (κ3) is 10.8. The van der Waals surface area contributed by atoms with Crippen molar-refractivity contribution in [2.75, 3.05) is 0 Å². The first-order chi connectivity index (χ1) is 54.6. The topological polar surface area (TPSA) is 35.6 Å². The molecule has 0 fully saturated rings. The molecule has 0 amide bonds. The van der Waals surface area contributed by atoms with Gasteiger partial charge in [-0.05, 0) is 187 Å². The molecular weight excluding hydrogens is 1330 g/mol. The smallest absolute Gasteiger partial charge is 0.0714 e. The molecule has 0 unspecified atom stereocenters. The van der Waals surface area contributed by atoms with E-state index in [0.29, 0.717) is 0 Å². The maximum atomic E-state index is 5.21. The molecule has 0 saturated carbocycles. The van der Waals surface area contributed by atoms with E-state index in [0.717, 1.165) is 56.1 Å². The van der Waals surface area contributed by atoms with Crippen LogP contribution in [-0.4, -0.2) is 19.1 Å². The first-order valence-corrected chi connectivity index (χ1v) is 37.8. The van der Waals surface area contributed by atoms with Crippen molar-refractivity contribution in [2.45, 2.75) is 0 Å². The predicted octanol–water partition coefficient (Wildman–Crippen LogP) is 28.6. The van der Waals surface area contributed by atoms with Crippen LogP contribution >= 0.6 is 0 Å². The average molecular weight is 1400 g/mol. The Morgan fingerprint density at radius 3 is 0.873 bits per heavy atom. The van der Waals surface area contributed by atoms with Gasteiger partial charge < -0.3 is 9.13 Å². The second-order valence-corrected chi connectivity index (χ2v) is 28.6. The van der Waals surface area contributed by atoms with Gasteiger partial charge in [0.05, 0.1) is 33.5 Å². The summed E-state index contributed by atoms with van der Waals surface area (Å²) in [5.41, 5.74) is 25.6. The van der Waals surface area contributed by atoms with Crippen molar-refractivity contribution in [1.29, 1.82) is 0 Å². The lowest BCUT2D eigenvalue weighted by Gasteiger charge is -2.17. The van der Waals surface area contributed by atoms with Gasteiger partial charge in [0.1, 0.15) is 0 Å². The van der Waals surface area contributed by atoms with Crippen LogP contribution in [0.5, 0.6) is 0 Å². The van der Waals surface area contributed by atoms with Crippen LogP contribution < -0.4 is 0 Å². The number of rotatable bonds is 10. The monoisotopic (exact) mass is 1400 g/mol. The van der Waals surface area contributed by atoms with Gasteiger partial charge in [-0.1, -0.05) is 334 Å². The van der Waals surface area contributed by atoms with Crippen molar-refractivity contribution in [3.05, 3.63) is 413 Å². The highest BCUT2D eigenvalue weighted by Crippen LogP contribution is 2.48. The Morgan fingerprint density at radius 2 is 0.464 bits per heavy atom. The molecule has 512 valence electrons. The van der Waals surface area contributed by atoms with Gasteiger partial charge in [0.2, 0.25) is 0 Å². The summed E-state index contributed by atoms with van der Waals surface area (Å²) in [6, 6.07) is 145. The van der Waals surface area contributed by atoms with Gasteiger partial charge in [-0.3, -0.25) is 9.97 Å².